The summed E-state index contributed by atoms with van der Waals surface area (Å²) in [5.41, 5.74) is 2.76. The van der Waals surface area contributed by atoms with E-state index in [0.29, 0.717) is 17.0 Å². The molecule has 0 aromatic heterocycles. The van der Waals surface area contributed by atoms with E-state index >= 15 is 0 Å². The molecule has 4 aromatic rings. The summed E-state index contributed by atoms with van der Waals surface area (Å²) in [7, 11) is 5.77. The van der Waals surface area contributed by atoms with Crippen LogP contribution in [0.15, 0.2) is 120 Å². The average Bonchev–Trinajstić information content (AvgIpc) is 2.92. The standard InChI is InChI=1S/C20H19O2PS.C10H14.2ClH.Ru/c21-24(22,20-14-8-3-9-15-20)17-16-23(18-10-4-1-5-11-18)19-12-6-2-7-13-19;1-8(2)10-6-4-9(3)5-7-10;;;/h1-15H,16-17H2;4-8H,1-3H3;2*1H;/q;;;;+2/p-2. The van der Waals surface area contributed by atoms with Crippen molar-refractivity contribution < 1.29 is 23.6 Å². The number of sulfone groups is 1. The molecule has 4 aromatic carbocycles. The third-order valence-electron chi connectivity index (χ3n) is 5.57. The van der Waals surface area contributed by atoms with Crippen molar-refractivity contribution in [3.63, 3.8) is 0 Å². The Morgan fingerprint density at radius 1 is 0.703 bits per heavy atom. The van der Waals surface area contributed by atoms with Crippen LogP contribution in [-0.2, 0) is 25.0 Å². The van der Waals surface area contributed by atoms with Crippen molar-refractivity contribution in [1.29, 1.82) is 0 Å². The molecule has 2 nitrogen and oxygen atoms in total. The van der Waals surface area contributed by atoms with Crippen LogP contribution in [0.4, 0.5) is 0 Å². The second-order valence-electron chi connectivity index (χ2n) is 8.57. The van der Waals surface area contributed by atoms with Gasteiger partial charge in [0.2, 0.25) is 0 Å². The van der Waals surface area contributed by atoms with E-state index < -0.39 is 17.8 Å². The molecular formula is C30H33Cl2O2PRuS. The molecule has 0 aliphatic carbocycles. The van der Waals surface area contributed by atoms with Gasteiger partial charge in [0.25, 0.3) is 0 Å². The Kier molecular flexibility index (Phi) is 14.7. The first-order chi connectivity index (χ1) is 17.8. The van der Waals surface area contributed by atoms with Crippen LogP contribution in [-0.4, -0.2) is 20.3 Å². The summed E-state index contributed by atoms with van der Waals surface area (Å²) in [5, 5.41) is 2.42. The molecule has 4 rings (SSSR count). The van der Waals surface area contributed by atoms with Crippen molar-refractivity contribution in [2.45, 2.75) is 31.6 Å². The van der Waals surface area contributed by atoms with Crippen molar-refractivity contribution in [3.8, 4) is 0 Å². The molecule has 0 saturated heterocycles. The summed E-state index contributed by atoms with van der Waals surface area (Å²) in [5.74, 6) is 0.813. The van der Waals surface area contributed by atoms with Gasteiger partial charge < -0.3 is 0 Å². The fourth-order valence-electron chi connectivity index (χ4n) is 3.53. The van der Waals surface area contributed by atoms with Gasteiger partial charge in [-0.05, 0) is 55.2 Å². The average molecular weight is 661 g/mol. The molecule has 37 heavy (non-hydrogen) atoms. The summed E-state index contributed by atoms with van der Waals surface area (Å²) in [6.07, 6.45) is 0.626. The van der Waals surface area contributed by atoms with Gasteiger partial charge in [0.1, 0.15) is 0 Å². The molecule has 0 atom stereocenters. The number of aryl methyl sites for hydroxylation is 1. The summed E-state index contributed by atoms with van der Waals surface area (Å²) in [6, 6.07) is 37.8. The molecule has 0 N–H and O–H groups in total. The minimum absolute atomic E-state index is 0.159. The van der Waals surface area contributed by atoms with Gasteiger partial charge in [0, 0.05) is 0 Å². The molecule has 0 aliphatic heterocycles. The number of hydrogen-bond donors (Lipinski definition) is 0. The predicted octanol–water partition coefficient (Wildman–Crippen LogP) is 8.09. The fraction of sp³-hybridized carbons (Fsp3) is 0.200. The van der Waals surface area contributed by atoms with Gasteiger partial charge in [-0.25, -0.2) is 8.42 Å². The van der Waals surface area contributed by atoms with Crippen LogP contribution in [0.3, 0.4) is 0 Å². The zero-order chi connectivity index (χ0) is 27.1. The number of hydrogen-bond acceptors (Lipinski definition) is 2. The SMILES string of the molecule is Cc1ccc(C(C)C)cc1.O=S(=O)(CCP(c1ccccc1)c1ccccc1)c1ccccc1.[Cl][Ru][Cl]. The summed E-state index contributed by atoms with van der Waals surface area (Å²) < 4.78 is 25.2. The van der Waals surface area contributed by atoms with Gasteiger partial charge in [0.05, 0.1) is 10.6 Å². The monoisotopic (exact) mass is 660 g/mol. The summed E-state index contributed by atoms with van der Waals surface area (Å²) >= 11 is -0.346. The number of halogens is 2. The Bertz CT molecular complexity index is 1220. The van der Waals surface area contributed by atoms with Crippen molar-refractivity contribution in [3.05, 3.63) is 126 Å². The van der Waals surface area contributed by atoms with Gasteiger partial charge in [-0.15, -0.1) is 0 Å². The van der Waals surface area contributed by atoms with Crippen molar-refractivity contribution in [2.24, 2.45) is 0 Å². The third kappa shape index (κ3) is 11.4. The number of benzene rings is 4. The summed E-state index contributed by atoms with van der Waals surface area (Å²) in [6.45, 7) is 6.54. The van der Waals surface area contributed by atoms with Crippen LogP contribution >= 0.6 is 27.3 Å². The van der Waals surface area contributed by atoms with E-state index in [9.17, 15) is 8.42 Å². The molecule has 0 fully saturated rings. The van der Waals surface area contributed by atoms with Crippen LogP contribution in [0.5, 0.6) is 0 Å². The number of rotatable bonds is 7. The Hall–Kier alpha value is -1.54. The van der Waals surface area contributed by atoms with Gasteiger partial charge >= 0.3 is 34.5 Å². The van der Waals surface area contributed by atoms with Crippen LogP contribution in [0.1, 0.15) is 30.9 Å². The first kappa shape index (κ1) is 31.7. The molecule has 0 radical (unpaired) electrons. The Labute approximate surface area is 239 Å². The van der Waals surface area contributed by atoms with Crippen LogP contribution in [0.2, 0.25) is 0 Å². The Morgan fingerprint density at radius 3 is 1.51 bits per heavy atom. The zero-order valence-electron chi connectivity index (χ0n) is 21.2. The second kappa shape index (κ2) is 17.1. The molecule has 0 amide bonds. The van der Waals surface area contributed by atoms with Crippen molar-refractivity contribution in [2.75, 3.05) is 11.9 Å². The topological polar surface area (TPSA) is 34.1 Å². The fourth-order valence-corrected chi connectivity index (χ4v) is 7.91. The molecule has 7 heteroatoms. The Balaban J connectivity index is 0.000000308. The van der Waals surface area contributed by atoms with E-state index in [1.165, 1.54) is 21.7 Å². The molecule has 0 heterocycles. The van der Waals surface area contributed by atoms with Gasteiger partial charge in [-0.3, -0.25) is 0 Å². The second-order valence-corrected chi connectivity index (χ2v) is 15.7. The van der Waals surface area contributed by atoms with Crippen molar-refractivity contribution >= 4 is 47.8 Å². The normalized spacial score (nSPS) is 10.9. The zero-order valence-corrected chi connectivity index (χ0v) is 26.2. The molecule has 0 unspecified atom stereocenters. The van der Waals surface area contributed by atoms with E-state index in [4.69, 9.17) is 19.4 Å². The summed E-state index contributed by atoms with van der Waals surface area (Å²) in [4.78, 5) is 0.404. The molecule has 0 bridgehead atoms. The van der Waals surface area contributed by atoms with Gasteiger partial charge in [-0.1, -0.05) is 123 Å². The molecule has 0 aliphatic rings. The van der Waals surface area contributed by atoms with Crippen LogP contribution in [0.25, 0.3) is 0 Å². The molecule has 0 spiro atoms. The quantitative estimate of drug-likeness (QED) is 0.148. The van der Waals surface area contributed by atoms with E-state index in [1.807, 2.05) is 42.5 Å². The third-order valence-corrected chi connectivity index (χ3v) is 10.1. The molecular weight excluding hydrogens is 627 g/mol. The first-order valence-corrected chi connectivity index (χ1v) is 19.5. The maximum atomic E-state index is 12.6. The van der Waals surface area contributed by atoms with Crippen LogP contribution < -0.4 is 10.6 Å². The van der Waals surface area contributed by atoms with Crippen molar-refractivity contribution in [1.82, 2.24) is 0 Å². The minimum atomic E-state index is -3.26. The van der Waals surface area contributed by atoms with E-state index in [2.05, 4.69) is 69.3 Å². The predicted molar refractivity (Wildman–Crippen MR) is 159 cm³/mol. The molecule has 0 saturated carbocycles. The van der Waals surface area contributed by atoms with Crippen LogP contribution in [0, 0.1) is 6.92 Å². The van der Waals surface area contributed by atoms with E-state index in [-0.39, 0.29) is 20.9 Å². The first-order valence-electron chi connectivity index (χ1n) is 11.9. The molecule has 198 valence electrons. The van der Waals surface area contributed by atoms with E-state index in [1.54, 1.807) is 24.3 Å². The Morgan fingerprint density at radius 2 is 1.11 bits per heavy atom. The van der Waals surface area contributed by atoms with Gasteiger partial charge in [-0.2, -0.15) is 0 Å². The van der Waals surface area contributed by atoms with Gasteiger partial charge in [0.15, 0.2) is 9.84 Å². The van der Waals surface area contributed by atoms with E-state index in [0.717, 1.165) is 0 Å². The maximum absolute atomic E-state index is 12.6.